The summed E-state index contributed by atoms with van der Waals surface area (Å²) >= 11 is 0. The molecule has 1 amide bonds. The monoisotopic (exact) mass is 400 g/mol. The van der Waals surface area contributed by atoms with Crippen molar-refractivity contribution in [3.05, 3.63) is 87.6 Å². The zero-order chi connectivity index (χ0) is 21.4. The van der Waals surface area contributed by atoms with Crippen molar-refractivity contribution in [2.75, 3.05) is 5.32 Å². The van der Waals surface area contributed by atoms with Crippen LogP contribution >= 0.6 is 0 Å². The van der Waals surface area contributed by atoms with Crippen molar-refractivity contribution in [2.24, 2.45) is 0 Å². The molecule has 6 heteroatoms. The topological polar surface area (TPSA) is 68.9 Å². The lowest BCUT2D eigenvalue weighted by molar-refractivity contribution is -0.116. The summed E-state index contributed by atoms with van der Waals surface area (Å²) < 4.78 is 3.27. The molecular formula is C24H24N4O2. The Morgan fingerprint density at radius 2 is 1.73 bits per heavy atom. The van der Waals surface area contributed by atoms with Crippen LogP contribution in [0.25, 0.3) is 16.5 Å². The fourth-order valence-corrected chi connectivity index (χ4v) is 3.89. The van der Waals surface area contributed by atoms with Gasteiger partial charge in [-0.25, -0.2) is 0 Å². The normalized spacial score (nSPS) is 11.1. The zero-order valence-corrected chi connectivity index (χ0v) is 17.6. The highest BCUT2D eigenvalue weighted by Crippen LogP contribution is 2.23. The maximum atomic E-state index is 13.2. The molecular weight excluding hydrogens is 376 g/mol. The van der Waals surface area contributed by atoms with E-state index in [0.29, 0.717) is 11.1 Å². The molecule has 30 heavy (non-hydrogen) atoms. The number of carbonyl (C=O) groups excluding carboxylic acids is 1. The Morgan fingerprint density at radius 3 is 2.43 bits per heavy atom. The number of fused-ring (bicyclic) bond motifs is 1. The second-order valence-electron chi connectivity index (χ2n) is 7.61. The summed E-state index contributed by atoms with van der Waals surface area (Å²) in [6.45, 7) is 7.91. The number of aromatic nitrogens is 3. The fourth-order valence-electron chi connectivity index (χ4n) is 3.89. The first-order chi connectivity index (χ1) is 14.4. The van der Waals surface area contributed by atoms with E-state index in [-0.39, 0.29) is 18.0 Å². The third-order valence-electron chi connectivity index (χ3n) is 5.50. The van der Waals surface area contributed by atoms with Crippen molar-refractivity contribution in [2.45, 2.75) is 34.2 Å². The van der Waals surface area contributed by atoms with Crippen molar-refractivity contribution in [3.8, 4) is 5.69 Å². The molecule has 0 aliphatic carbocycles. The molecule has 0 fully saturated rings. The molecule has 6 nitrogen and oxygen atoms in total. The SMILES string of the molecule is Cc1ccc(NC(=O)Cn2c(C)c3cnn(-c4ccccc4)c(=O)c3c2C)c(C)c1. The Bertz CT molecular complexity index is 1320. The summed E-state index contributed by atoms with van der Waals surface area (Å²) in [6, 6.07) is 15.2. The molecule has 0 saturated carbocycles. The number of para-hydroxylation sites is 1. The number of nitrogens with zero attached hydrogens (tertiary/aromatic N) is 3. The van der Waals surface area contributed by atoms with Crippen LogP contribution in [0.3, 0.4) is 0 Å². The molecule has 0 saturated heterocycles. The van der Waals surface area contributed by atoms with Gasteiger partial charge in [-0.15, -0.1) is 0 Å². The van der Waals surface area contributed by atoms with Crippen LogP contribution in [0.5, 0.6) is 0 Å². The quantitative estimate of drug-likeness (QED) is 0.562. The van der Waals surface area contributed by atoms with E-state index in [1.807, 2.05) is 80.8 Å². The van der Waals surface area contributed by atoms with Crippen molar-refractivity contribution in [1.29, 1.82) is 0 Å². The molecule has 0 aliphatic heterocycles. The van der Waals surface area contributed by atoms with Crippen molar-refractivity contribution in [3.63, 3.8) is 0 Å². The summed E-state index contributed by atoms with van der Waals surface area (Å²) in [5.41, 5.74) is 5.10. The Labute approximate surface area is 174 Å². The number of anilines is 1. The van der Waals surface area contributed by atoms with Gasteiger partial charge in [-0.2, -0.15) is 9.78 Å². The first-order valence-corrected chi connectivity index (χ1v) is 9.87. The highest BCUT2D eigenvalue weighted by Gasteiger charge is 2.18. The molecule has 152 valence electrons. The Hall–Kier alpha value is -3.67. The van der Waals surface area contributed by atoms with E-state index in [9.17, 15) is 9.59 Å². The van der Waals surface area contributed by atoms with E-state index in [0.717, 1.165) is 33.6 Å². The van der Waals surface area contributed by atoms with Crippen LogP contribution in [-0.4, -0.2) is 20.3 Å². The maximum absolute atomic E-state index is 13.2. The van der Waals surface area contributed by atoms with Crippen LogP contribution in [-0.2, 0) is 11.3 Å². The van der Waals surface area contributed by atoms with Gasteiger partial charge >= 0.3 is 0 Å². The third-order valence-corrected chi connectivity index (χ3v) is 5.50. The van der Waals surface area contributed by atoms with Gasteiger partial charge in [0, 0.05) is 22.5 Å². The number of hydrogen-bond acceptors (Lipinski definition) is 3. The molecule has 2 aromatic heterocycles. The molecule has 4 rings (SSSR count). The fraction of sp³-hybridized carbons (Fsp3) is 0.208. The summed E-state index contributed by atoms with van der Waals surface area (Å²) in [4.78, 5) is 25.9. The van der Waals surface area contributed by atoms with Crippen LogP contribution < -0.4 is 10.9 Å². The number of hydrogen-bond donors (Lipinski definition) is 1. The van der Waals surface area contributed by atoms with E-state index in [4.69, 9.17) is 0 Å². The van der Waals surface area contributed by atoms with Crippen LogP contribution in [0.1, 0.15) is 22.5 Å². The van der Waals surface area contributed by atoms with Gasteiger partial charge in [0.05, 0.1) is 17.3 Å². The van der Waals surface area contributed by atoms with Gasteiger partial charge < -0.3 is 9.88 Å². The van der Waals surface area contributed by atoms with Crippen LogP contribution in [0, 0.1) is 27.7 Å². The molecule has 0 spiro atoms. The van der Waals surface area contributed by atoms with Crippen molar-refractivity contribution < 1.29 is 4.79 Å². The van der Waals surface area contributed by atoms with E-state index in [2.05, 4.69) is 10.4 Å². The smallest absolute Gasteiger partial charge is 0.281 e. The van der Waals surface area contributed by atoms with Crippen LogP contribution in [0.15, 0.2) is 59.5 Å². The Kier molecular flexibility index (Phi) is 4.99. The summed E-state index contributed by atoms with van der Waals surface area (Å²) in [7, 11) is 0. The van der Waals surface area contributed by atoms with E-state index in [1.165, 1.54) is 4.68 Å². The molecule has 0 bridgehead atoms. The standard InChI is InChI=1S/C24H24N4O2/c1-15-10-11-21(16(2)12-15)26-22(29)14-27-17(3)20-13-25-28(19-8-6-5-7-9-19)24(30)23(20)18(27)4/h5-13H,14H2,1-4H3,(H,26,29). The number of rotatable bonds is 4. The summed E-state index contributed by atoms with van der Waals surface area (Å²) in [6.07, 6.45) is 1.70. The molecule has 4 aromatic rings. The van der Waals surface area contributed by atoms with Gasteiger partial charge in [-0.3, -0.25) is 9.59 Å². The highest BCUT2D eigenvalue weighted by atomic mass is 16.2. The first-order valence-electron chi connectivity index (χ1n) is 9.87. The van der Waals surface area contributed by atoms with Crippen molar-refractivity contribution >= 4 is 22.4 Å². The predicted molar refractivity (Wildman–Crippen MR) is 119 cm³/mol. The number of nitrogens with one attached hydrogen (secondary N) is 1. The highest BCUT2D eigenvalue weighted by molar-refractivity contribution is 5.93. The van der Waals surface area contributed by atoms with Crippen LogP contribution in [0.4, 0.5) is 5.69 Å². The Balaban J connectivity index is 1.70. The largest absolute Gasteiger partial charge is 0.338 e. The average molecular weight is 400 g/mol. The molecule has 2 aromatic carbocycles. The van der Waals surface area contributed by atoms with Crippen molar-refractivity contribution in [1.82, 2.24) is 14.3 Å². The molecule has 0 aliphatic rings. The van der Waals surface area contributed by atoms with Gasteiger partial charge in [-0.05, 0) is 51.5 Å². The first kappa shape index (κ1) is 19.6. The molecule has 1 N–H and O–H groups in total. The van der Waals surface area contributed by atoms with Gasteiger partial charge in [0.2, 0.25) is 5.91 Å². The number of aryl methyl sites for hydroxylation is 4. The maximum Gasteiger partial charge on any atom is 0.281 e. The van der Waals surface area contributed by atoms with Crippen LogP contribution in [0.2, 0.25) is 0 Å². The number of benzene rings is 2. The lowest BCUT2D eigenvalue weighted by atomic mass is 10.1. The minimum Gasteiger partial charge on any atom is -0.338 e. The minimum absolute atomic E-state index is 0.129. The minimum atomic E-state index is -0.187. The average Bonchev–Trinajstić information content (AvgIpc) is 2.96. The van der Waals surface area contributed by atoms with Gasteiger partial charge in [0.25, 0.3) is 5.56 Å². The zero-order valence-electron chi connectivity index (χ0n) is 17.6. The lowest BCUT2D eigenvalue weighted by Gasteiger charge is -2.12. The van der Waals surface area contributed by atoms with Gasteiger partial charge in [-0.1, -0.05) is 35.9 Å². The third kappa shape index (κ3) is 3.41. The van der Waals surface area contributed by atoms with E-state index < -0.39 is 0 Å². The molecule has 0 unspecified atom stereocenters. The second kappa shape index (κ2) is 7.63. The molecule has 0 radical (unpaired) electrons. The summed E-state index contributed by atoms with van der Waals surface area (Å²) in [5.74, 6) is -0.134. The Morgan fingerprint density at radius 1 is 1.00 bits per heavy atom. The molecule has 0 atom stereocenters. The number of amides is 1. The van der Waals surface area contributed by atoms with Gasteiger partial charge in [0.1, 0.15) is 6.54 Å². The summed E-state index contributed by atoms with van der Waals surface area (Å²) in [5, 5.41) is 8.68. The second-order valence-corrected chi connectivity index (χ2v) is 7.61. The lowest BCUT2D eigenvalue weighted by Crippen LogP contribution is -2.22. The molecule has 2 heterocycles. The number of carbonyl (C=O) groups is 1. The van der Waals surface area contributed by atoms with E-state index >= 15 is 0 Å². The van der Waals surface area contributed by atoms with Gasteiger partial charge in [0.15, 0.2) is 0 Å². The predicted octanol–water partition coefficient (Wildman–Crippen LogP) is 4.06. The van der Waals surface area contributed by atoms with E-state index in [1.54, 1.807) is 6.20 Å².